The average molecular weight is 600 g/mol. The molecule has 0 amide bonds. The average Bonchev–Trinajstić information content (AvgIpc) is 3.45. The van der Waals surface area contributed by atoms with Crippen molar-refractivity contribution in [1.82, 2.24) is 9.13 Å². The van der Waals surface area contributed by atoms with Crippen LogP contribution in [0, 0.1) is 13.8 Å². The first-order valence-corrected chi connectivity index (χ1v) is 14.8. The second kappa shape index (κ2) is 12.3. The third kappa shape index (κ3) is 5.58. The summed E-state index contributed by atoms with van der Waals surface area (Å²) in [6, 6.07) is 15.9. The summed E-state index contributed by atoms with van der Waals surface area (Å²) in [6.45, 7) is 10.1. The number of hydrogen-bond donors (Lipinski definition) is 0. The fraction of sp³-hybridized carbons (Fsp3) is 0.273. The van der Waals surface area contributed by atoms with Crippen LogP contribution < -0.4 is 19.6 Å². The van der Waals surface area contributed by atoms with Crippen molar-refractivity contribution < 1.29 is 23.8 Å². The van der Waals surface area contributed by atoms with Gasteiger partial charge in [0.2, 0.25) is 0 Å². The Bertz CT molecular complexity index is 1930. The van der Waals surface area contributed by atoms with Crippen molar-refractivity contribution in [2.75, 3.05) is 20.3 Å². The molecule has 0 saturated carbocycles. The van der Waals surface area contributed by atoms with Crippen molar-refractivity contribution in [1.29, 1.82) is 0 Å². The largest absolute Gasteiger partial charge is 0.494 e. The number of aryl methyl sites for hydroxylation is 1. The first kappa shape index (κ1) is 29.8. The number of carbonyl (C=O) groups is 2. The first-order valence-electron chi connectivity index (χ1n) is 14.0. The topological polar surface area (TPSA) is 101 Å². The molecule has 9 nitrogen and oxygen atoms in total. The Hall–Kier alpha value is -4.70. The van der Waals surface area contributed by atoms with Crippen LogP contribution in [-0.4, -0.2) is 41.4 Å². The SMILES string of the molecule is CCOC(=O)C1=C(C)N=c2s/c(=C/c3cc(C)n(-c4cccc(C(=O)OC)c4)c3C)c(=O)n2C1c1ccc(OCC)cc1. The molecule has 222 valence electrons. The maximum Gasteiger partial charge on any atom is 0.338 e. The second-order valence-corrected chi connectivity index (χ2v) is 11.0. The predicted molar refractivity (Wildman–Crippen MR) is 165 cm³/mol. The summed E-state index contributed by atoms with van der Waals surface area (Å²) in [6.07, 6.45) is 1.85. The number of nitrogens with zero attached hydrogens (tertiary/aromatic N) is 3. The van der Waals surface area contributed by atoms with Gasteiger partial charge in [-0.15, -0.1) is 0 Å². The maximum absolute atomic E-state index is 14.1. The maximum atomic E-state index is 14.1. The predicted octanol–water partition coefficient (Wildman–Crippen LogP) is 4.39. The molecular weight excluding hydrogens is 566 g/mol. The molecule has 1 atom stereocenters. The molecule has 0 aliphatic carbocycles. The van der Waals surface area contributed by atoms with E-state index in [0.717, 1.165) is 28.2 Å². The standard InChI is InChI=1S/C33H33N3O6S/c1-7-41-26-14-12-22(13-15-26)29-28(32(39)42-8-2)20(4)34-33-36(29)30(37)27(43-33)18-24-16-19(3)35(21(24)5)25-11-9-10-23(17-25)31(38)40-6/h9-18,29H,7-8H2,1-6H3/b27-18+. The van der Waals surface area contributed by atoms with Gasteiger partial charge in [0.15, 0.2) is 4.80 Å². The van der Waals surface area contributed by atoms with Crippen LogP contribution in [0.1, 0.15) is 59.7 Å². The van der Waals surface area contributed by atoms with Crippen LogP contribution >= 0.6 is 11.3 Å². The highest BCUT2D eigenvalue weighted by molar-refractivity contribution is 7.07. The zero-order valence-electron chi connectivity index (χ0n) is 25.0. The Balaban J connectivity index is 1.65. The van der Waals surface area contributed by atoms with Crippen LogP contribution in [0.5, 0.6) is 5.75 Å². The fourth-order valence-electron chi connectivity index (χ4n) is 5.38. The van der Waals surface area contributed by atoms with Gasteiger partial charge in [-0.05, 0) is 88.2 Å². The van der Waals surface area contributed by atoms with Crippen molar-refractivity contribution in [3.05, 3.63) is 114 Å². The van der Waals surface area contributed by atoms with E-state index in [1.54, 1.807) is 30.5 Å². The van der Waals surface area contributed by atoms with Gasteiger partial charge in [0.25, 0.3) is 5.56 Å². The monoisotopic (exact) mass is 599 g/mol. The van der Waals surface area contributed by atoms with E-state index in [1.807, 2.05) is 73.9 Å². The lowest BCUT2D eigenvalue weighted by atomic mass is 9.96. The highest BCUT2D eigenvalue weighted by Crippen LogP contribution is 2.32. The van der Waals surface area contributed by atoms with Gasteiger partial charge in [0.1, 0.15) is 5.75 Å². The van der Waals surface area contributed by atoms with Crippen LogP contribution in [0.2, 0.25) is 0 Å². The number of esters is 2. The number of hydrogen-bond acceptors (Lipinski definition) is 8. The Labute approximate surface area is 253 Å². The van der Waals surface area contributed by atoms with E-state index in [2.05, 4.69) is 4.99 Å². The van der Waals surface area contributed by atoms with Gasteiger partial charge >= 0.3 is 11.9 Å². The van der Waals surface area contributed by atoms with Gasteiger partial charge < -0.3 is 18.8 Å². The van der Waals surface area contributed by atoms with Gasteiger partial charge in [0, 0.05) is 17.1 Å². The second-order valence-electron chi connectivity index (χ2n) is 10.0. The third-order valence-electron chi connectivity index (χ3n) is 7.31. The minimum atomic E-state index is -0.707. The zero-order valence-corrected chi connectivity index (χ0v) is 25.8. The molecule has 1 aliphatic rings. The highest BCUT2D eigenvalue weighted by Gasteiger charge is 2.33. The van der Waals surface area contributed by atoms with Crippen LogP contribution in [0.4, 0.5) is 0 Å². The molecule has 4 aromatic rings. The van der Waals surface area contributed by atoms with E-state index in [-0.39, 0.29) is 12.2 Å². The smallest absolute Gasteiger partial charge is 0.338 e. The summed E-state index contributed by atoms with van der Waals surface area (Å²) in [4.78, 5) is 44.5. The van der Waals surface area contributed by atoms with Gasteiger partial charge in [-0.25, -0.2) is 14.6 Å². The van der Waals surface area contributed by atoms with Crippen LogP contribution in [0.3, 0.4) is 0 Å². The van der Waals surface area contributed by atoms with Gasteiger partial charge in [-0.3, -0.25) is 9.36 Å². The number of benzene rings is 2. The van der Waals surface area contributed by atoms with E-state index in [4.69, 9.17) is 14.2 Å². The summed E-state index contributed by atoms with van der Waals surface area (Å²) in [7, 11) is 1.35. The van der Waals surface area contributed by atoms with Crippen LogP contribution in [-0.2, 0) is 14.3 Å². The van der Waals surface area contributed by atoms with Crippen molar-refractivity contribution >= 4 is 29.4 Å². The Morgan fingerprint density at radius 1 is 1.00 bits per heavy atom. The summed E-state index contributed by atoms with van der Waals surface area (Å²) in [5.41, 5.74) is 5.27. The molecule has 10 heteroatoms. The zero-order chi connectivity index (χ0) is 30.8. The van der Waals surface area contributed by atoms with Gasteiger partial charge in [-0.2, -0.15) is 0 Å². The number of thiazole rings is 1. The highest BCUT2D eigenvalue weighted by atomic mass is 32.1. The van der Waals surface area contributed by atoms with Crippen LogP contribution in [0.15, 0.2) is 75.7 Å². The third-order valence-corrected chi connectivity index (χ3v) is 8.29. The Morgan fingerprint density at radius 2 is 1.74 bits per heavy atom. The first-order chi connectivity index (χ1) is 20.7. The van der Waals surface area contributed by atoms with Crippen molar-refractivity contribution in [2.45, 2.75) is 40.7 Å². The molecule has 1 aliphatic heterocycles. The molecule has 1 unspecified atom stereocenters. The molecule has 43 heavy (non-hydrogen) atoms. The normalized spacial score (nSPS) is 14.7. The molecule has 0 N–H and O–H groups in total. The van der Waals surface area contributed by atoms with Crippen molar-refractivity contribution in [2.24, 2.45) is 4.99 Å². The Kier molecular flexibility index (Phi) is 8.50. The fourth-order valence-corrected chi connectivity index (χ4v) is 6.42. The molecule has 0 fully saturated rings. The number of aromatic nitrogens is 2. The van der Waals surface area contributed by atoms with E-state index < -0.39 is 18.0 Å². The molecule has 3 heterocycles. The summed E-state index contributed by atoms with van der Waals surface area (Å²) >= 11 is 1.27. The summed E-state index contributed by atoms with van der Waals surface area (Å²) in [5, 5.41) is 0. The van der Waals surface area contributed by atoms with Crippen LogP contribution in [0.25, 0.3) is 11.8 Å². The molecule has 0 radical (unpaired) electrons. The molecule has 2 aromatic carbocycles. The van der Waals surface area contributed by atoms with Crippen molar-refractivity contribution in [3.8, 4) is 11.4 Å². The summed E-state index contributed by atoms with van der Waals surface area (Å²) in [5.74, 6) is -0.218. The minimum Gasteiger partial charge on any atom is -0.494 e. The molecule has 0 saturated heterocycles. The van der Waals surface area contributed by atoms with E-state index in [9.17, 15) is 14.4 Å². The number of fused-ring (bicyclic) bond motifs is 1. The molecule has 2 aromatic heterocycles. The number of ether oxygens (including phenoxy) is 3. The van der Waals surface area contributed by atoms with E-state index >= 15 is 0 Å². The van der Waals surface area contributed by atoms with Gasteiger partial charge in [-0.1, -0.05) is 29.5 Å². The number of carbonyl (C=O) groups excluding carboxylic acids is 2. The molecule has 0 spiro atoms. The quantitative estimate of drug-likeness (QED) is 0.279. The van der Waals surface area contributed by atoms with Crippen molar-refractivity contribution in [3.63, 3.8) is 0 Å². The number of allylic oxidation sites excluding steroid dienone is 1. The number of methoxy groups -OCH3 is 1. The molecule has 0 bridgehead atoms. The minimum absolute atomic E-state index is 0.203. The van der Waals surface area contributed by atoms with Gasteiger partial charge in [0.05, 0.1) is 47.7 Å². The lowest BCUT2D eigenvalue weighted by Gasteiger charge is -2.24. The molecular formula is C33H33N3O6S. The lowest BCUT2D eigenvalue weighted by Crippen LogP contribution is -2.39. The van der Waals surface area contributed by atoms with E-state index in [0.29, 0.717) is 38.5 Å². The summed E-state index contributed by atoms with van der Waals surface area (Å²) < 4.78 is 20.0. The molecule has 5 rings (SSSR count). The Morgan fingerprint density at radius 3 is 2.42 bits per heavy atom. The number of rotatable bonds is 8. The lowest BCUT2D eigenvalue weighted by molar-refractivity contribution is -0.139. The van der Waals surface area contributed by atoms with E-state index in [1.165, 1.54) is 18.4 Å².